The Morgan fingerprint density at radius 3 is 2.62 bits per heavy atom. The van der Waals surface area contributed by atoms with E-state index < -0.39 is 0 Å². The van der Waals surface area contributed by atoms with Crippen LogP contribution in [0.15, 0.2) is 36.5 Å². The molecule has 2 aromatic rings. The molecule has 0 saturated heterocycles. The van der Waals surface area contributed by atoms with E-state index in [0.717, 1.165) is 25.3 Å². The molecule has 7 nitrogen and oxygen atoms in total. The molecule has 0 fully saturated rings. The van der Waals surface area contributed by atoms with Crippen molar-refractivity contribution in [3.05, 3.63) is 42.2 Å². The lowest BCUT2D eigenvalue weighted by Gasteiger charge is -2.10. The van der Waals surface area contributed by atoms with Crippen LogP contribution in [0.3, 0.4) is 0 Å². The minimum absolute atomic E-state index is 0.279. The number of rotatable bonds is 8. The van der Waals surface area contributed by atoms with Crippen molar-refractivity contribution in [2.24, 2.45) is 0 Å². The second-order valence-corrected chi connectivity index (χ2v) is 5.53. The Kier molecular flexibility index (Phi) is 6.51. The number of amides is 1. The van der Waals surface area contributed by atoms with Gasteiger partial charge in [0.25, 0.3) is 5.91 Å². The Morgan fingerprint density at radius 1 is 1.21 bits per heavy atom. The first-order chi connectivity index (χ1) is 11.6. The molecule has 2 rings (SSSR count). The van der Waals surface area contributed by atoms with Gasteiger partial charge in [0.15, 0.2) is 0 Å². The molecule has 0 radical (unpaired) electrons. The molecule has 0 atom stereocenters. The molecule has 7 heteroatoms. The highest BCUT2D eigenvalue weighted by molar-refractivity contribution is 6.02. The quantitative estimate of drug-likeness (QED) is 0.722. The highest BCUT2D eigenvalue weighted by atomic mass is 16.5. The van der Waals surface area contributed by atoms with Gasteiger partial charge < -0.3 is 20.3 Å². The Hall–Kier alpha value is -2.67. The van der Waals surface area contributed by atoms with Gasteiger partial charge in [-0.2, -0.15) is 0 Å². The highest BCUT2D eigenvalue weighted by Crippen LogP contribution is 2.15. The number of carbonyl (C=O) groups excluding carboxylic acids is 1. The average Bonchev–Trinajstić information content (AvgIpc) is 2.59. The zero-order valence-electron chi connectivity index (χ0n) is 14.2. The van der Waals surface area contributed by atoms with Gasteiger partial charge in [0, 0.05) is 18.4 Å². The largest absolute Gasteiger partial charge is 0.497 e. The van der Waals surface area contributed by atoms with Crippen LogP contribution in [0.5, 0.6) is 5.75 Å². The molecule has 128 valence electrons. The summed E-state index contributed by atoms with van der Waals surface area (Å²) in [7, 11) is 5.66. The second-order valence-electron chi connectivity index (χ2n) is 5.53. The fourth-order valence-electron chi connectivity index (χ4n) is 2.04. The fourth-order valence-corrected chi connectivity index (χ4v) is 2.04. The summed E-state index contributed by atoms with van der Waals surface area (Å²) >= 11 is 0. The first kappa shape index (κ1) is 17.7. The summed E-state index contributed by atoms with van der Waals surface area (Å²) in [5.74, 6) is 0.911. The first-order valence-electron chi connectivity index (χ1n) is 7.75. The smallest absolute Gasteiger partial charge is 0.274 e. The maximum Gasteiger partial charge on any atom is 0.274 e. The van der Waals surface area contributed by atoms with E-state index in [1.807, 2.05) is 14.1 Å². The van der Waals surface area contributed by atoms with Crippen molar-refractivity contribution >= 4 is 17.5 Å². The predicted octanol–water partition coefficient (Wildman–Crippen LogP) is 2.10. The lowest BCUT2D eigenvalue weighted by molar-refractivity contribution is 0.102. The Balaban J connectivity index is 1.92. The van der Waals surface area contributed by atoms with Crippen molar-refractivity contribution in [1.82, 2.24) is 14.9 Å². The van der Waals surface area contributed by atoms with Crippen LogP contribution >= 0.6 is 0 Å². The first-order valence-corrected chi connectivity index (χ1v) is 7.75. The van der Waals surface area contributed by atoms with Crippen molar-refractivity contribution in [2.45, 2.75) is 6.42 Å². The van der Waals surface area contributed by atoms with Crippen LogP contribution in [0.1, 0.15) is 16.9 Å². The van der Waals surface area contributed by atoms with E-state index in [1.54, 1.807) is 43.6 Å². The SMILES string of the molecule is COc1ccc(NC(=O)c2ccnc(NCCCN(C)C)n2)cc1. The molecule has 1 heterocycles. The van der Waals surface area contributed by atoms with Gasteiger partial charge in [-0.3, -0.25) is 4.79 Å². The van der Waals surface area contributed by atoms with Crippen molar-refractivity contribution in [3.63, 3.8) is 0 Å². The molecule has 1 aromatic heterocycles. The van der Waals surface area contributed by atoms with E-state index in [0.29, 0.717) is 17.3 Å². The number of aromatic nitrogens is 2. The summed E-state index contributed by atoms with van der Waals surface area (Å²) in [6.45, 7) is 1.73. The zero-order chi connectivity index (χ0) is 17.4. The van der Waals surface area contributed by atoms with Crippen LogP contribution in [-0.2, 0) is 0 Å². The molecule has 0 aliphatic rings. The molecule has 1 aromatic carbocycles. The standard InChI is InChI=1S/C17H23N5O2/c1-22(2)12-4-10-18-17-19-11-9-15(21-17)16(23)20-13-5-7-14(24-3)8-6-13/h5-9,11H,4,10,12H2,1-3H3,(H,20,23)(H,18,19,21). The van der Waals surface area contributed by atoms with E-state index >= 15 is 0 Å². The highest BCUT2D eigenvalue weighted by Gasteiger charge is 2.09. The number of carbonyl (C=O) groups is 1. The molecule has 0 aliphatic heterocycles. The Bertz CT molecular complexity index is 658. The molecule has 24 heavy (non-hydrogen) atoms. The van der Waals surface area contributed by atoms with Crippen LogP contribution in [0.2, 0.25) is 0 Å². The lowest BCUT2D eigenvalue weighted by Crippen LogP contribution is -2.18. The third-order valence-corrected chi connectivity index (χ3v) is 3.30. The predicted molar refractivity (Wildman–Crippen MR) is 94.6 cm³/mol. The normalized spacial score (nSPS) is 10.5. The van der Waals surface area contributed by atoms with Crippen LogP contribution in [-0.4, -0.2) is 55.1 Å². The molecule has 2 N–H and O–H groups in total. The summed E-state index contributed by atoms with van der Waals surface area (Å²) in [5.41, 5.74) is 0.996. The van der Waals surface area contributed by atoms with Crippen molar-refractivity contribution in [3.8, 4) is 5.75 Å². The minimum atomic E-state index is -0.279. The molecule has 1 amide bonds. The minimum Gasteiger partial charge on any atom is -0.497 e. The molecule has 0 aliphatic carbocycles. The number of ether oxygens (including phenoxy) is 1. The van der Waals surface area contributed by atoms with Gasteiger partial charge in [0.05, 0.1) is 7.11 Å². The van der Waals surface area contributed by atoms with Crippen LogP contribution in [0.25, 0.3) is 0 Å². The lowest BCUT2D eigenvalue weighted by atomic mass is 10.3. The van der Waals surface area contributed by atoms with E-state index in [1.165, 1.54) is 0 Å². The maximum absolute atomic E-state index is 12.3. The van der Waals surface area contributed by atoms with Crippen molar-refractivity contribution < 1.29 is 9.53 Å². The van der Waals surface area contributed by atoms with Crippen molar-refractivity contribution in [2.75, 3.05) is 44.9 Å². The van der Waals surface area contributed by atoms with E-state index in [-0.39, 0.29) is 5.91 Å². The van der Waals surface area contributed by atoms with Crippen LogP contribution in [0.4, 0.5) is 11.6 Å². The van der Waals surface area contributed by atoms with Crippen LogP contribution < -0.4 is 15.4 Å². The summed E-state index contributed by atoms with van der Waals surface area (Å²) in [4.78, 5) is 22.8. The number of anilines is 2. The molecule has 0 bridgehead atoms. The van der Waals surface area contributed by atoms with E-state index in [9.17, 15) is 4.79 Å². The topological polar surface area (TPSA) is 79.4 Å². The van der Waals surface area contributed by atoms with E-state index in [2.05, 4.69) is 25.5 Å². The third kappa shape index (κ3) is 5.51. The summed E-state index contributed by atoms with van der Waals surface area (Å²) < 4.78 is 5.09. The summed E-state index contributed by atoms with van der Waals surface area (Å²) in [6.07, 6.45) is 2.54. The van der Waals surface area contributed by atoms with Crippen LogP contribution in [0, 0.1) is 0 Å². The molecule has 0 unspecified atom stereocenters. The third-order valence-electron chi connectivity index (χ3n) is 3.30. The molecular formula is C17H23N5O2. The number of hydrogen-bond acceptors (Lipinski definition) is 6. The van der Waals surface area contributed by atoms with Gasteiger partial charge >= 0.3 is 0 Å². The fraction of sp³-hybridized carbons (Fsp3) is 0.353. The van der Waals surface area contributed by atoms with Gasteiger partial charge in [0.2, 0.25) is 5.95 Å². The van der Waals surface area contributed by atoms with Gasteiger partial charge in [-0.1, -0.05) is 0 Å². The number of nitrogens with one attached hydrogen (secondary N) is 2. The average molecular weight is 329 g/mol. The zero-order valence-corrected chi connectivity index (χ0v) is 14.2. The molecular weight excluding hydrogens is 306 g/mol. The number of hydrogen-bond donors (Lipinski definition) is 2. The number of nitrogens with zero attached hydrogens (tertiary/aromatic N) is 3. The second kappa shape index (κ2) is 8.83. The Labute approximate surface area is 142 Å². The van der Waals surface area contributed by atoms with E-state index in [4.69, 9.17) is 4.74 Å². The van der Waals surface area contributed by atoms with Gasteiger partial charge in [-0.05, 0) is 57.4 Å². The summed E-state index contributed by atoms with van der Waals surface area (Å²) in [5, 5.41) is 5.93. The number of methoxy groups -OCH3 is 1. The number of benzene rings is 1. The molecule has 0 spiro atoms. The maximum atomic E-state index is 12.3. The Morgan fingerprint density at radius 2 is 1.96 bits per heavy atom. The van der Waals surface area contributed by atoms with Gasteiger partial charge in [-0.15, -0.1) is 0 Å². The summed E-state index contributed by atoms with van der Waals surface area (Å²) in [6, 6.07) is 8.71. The molecule has 0 saturated carbocycles. The monoisotopic (exact) mass is 329 g/mol. The van der Waals surface area contributed by atoms with Crippen molar-refractivity contribution in [1.29, 1.82) is 0 Å². The van der Waals surface area contributed by atoms with Gasteiger partial charge in [-0.25, -0.2) is 9.97 Å². The van der Waals surface area contributed by atoms with Gasteiger partial charge in [0.1, 0.15) is 11.4 Å².